The van der Waals surface area contributed by atoms with Gasteiger partial charge in [0.2, 0.25) is 11.1 Å². The molecule has 176 valence electrons. The fourth-order valence-corrected chi connectivity index (χ4v) is 3.86. The third-order valence-corrected chi connectivity index (χ3v) is 6.26. The molecule has 0 bridgehead atoms. The first-order valence-corrected chi connectivity index (χ1v) is 11.6. The van der Waals surface area contributed by atoms with Crippen LogP contribution in [0.25, 0.3) is 0 Å². The van der Waals surface area contributed by atoms with Gasteiger partial charge in [0.1, 0.15) is 18.2 Å². The van der Waals surface area contributed by atoms with E-state index in [-0.39, 0.29) is 29.8 Å². The highest BCUT2D eigenvalue weighted by Gasteiger charge is 2.21. The molecule has 3 aromatic rings. The van der Waals surface area contributed by atoms with E-state index in [4.69, 9.17) is 10.6 Å². The molecule has 0 fully saturated rings. The van der Waals surface area contributed by atoms with Crippen LogP contribution in [0.15, 0.2) is 53.7 Å². The molecule has 0 saturated carbocycles. The Kier molecular flexibility index (Phi) is 7.63. The molecule has 9 heteroatoms. The second kappa shape index (κ2) is 10.2. The van der Waals surface area contributed by atoms with Crippen molar-refractivity contribution in [1.82, 2.24) is 20.2 Å². The van der Waals surface area contributed by atoms with Gasteiger partial charge in [-0.05, 0) is 54.7 Å². The maximum atomic E-state index is 13.1. The molecule has 2 atom stereocenters. The fraction of sp³-hybridized carbons (Fsp3) is 0.375. The van der Waals surface area contributed by atoms with Crippen LogP contribution in [0.5, 0.6) is 5.75 Å². The lowest BCUT2D eigenvalue weighted by Crippen LogP contribution is -2.33. The third-order valence-electron chi connectivity index (χ3n) is 5.20. The van der Waals surface area contributed by atoms with Gasteiger partial charge in [-0.15, -0.1) is 10.2 Å². The van der Waals surface area contributed by atoms with Gasteiger partial charge in [0.25, 0.3) is 0 Å². The zero-order chi connectivity index (χ0) is 24.2. The van der Waals surface area contributed by atoms with Crippen LogP contribution in [0.3, 0.4) is 0 Å². The highest BCUT2D eigenvalue weighted by Crippen LogP contribution is 2.25. The molecule has 3 N–H and O–H groups in total. The van der Waals surface area contributed by atoms with E-state index >= 15 is 0 Å². The average molecular weight is 472 g/mol. The highest BCUT2D eigenvalue weighted by molar-refractivity contribution is 8.00. The third kappa shape index (κ3) is 6.47. The van der Waals surface area contributed by atoms with Crippen molar-refractivity contribution in [2.45, 2.75) is 63.1 Å². The van der Waals surface area contributed by atoms with E-state index in [1.54, 1.807) is 19.1 Å². The molecule has 1 heterocycles. The molecule has 0 aliphatic rings. The SMILES string of the molecule is CC(Sc1nnc(COc2ccc(C(C)(C)C)cc2)n1N)C(=O)NC(C)c1ccc(F)cc1. The number of hydrogen-bond acceptors (Lipinski definition) is 6. The second-order valence-corrected chi connectivity index (χ2v) is 10.2. The van der Waals surface area contributed by atoms with Crippen LogP contribution in [-0.2, 0) is 16.8 Å². The number of nitrogen functional groups attached to an aromatic ring is 1. The fourth-order valence-electron chi connectivity index (χ4n) is 3.06. The lowest BCUT2D eigenvalue weighted by Gasteiger charge is -2.19. The molecule has 1 aromatic heterocycles. The lowest BCUT2D eigenvalue weighted by atomic mass is 9.87. The van der Waals surface area contributed by atoms with Crippen LogP contribution < -0.4 is 15.9 Å². The van der Waals surface area contributed by atoms with Crippen LogP contribution in [0, 0.1) is 5.82 Å². The summed E-state index contributed by atoms with van der Waals surface area (Å²) in [5, 5.41) is 11.1. The van der Waals surface area contributed by atoms with Crippen LogP contribution >= 0.6 is 11.8 Å². The monoisotopic (exact) mass is 471 g/mol. The van der Waals surface area contributed by atoms with Gasteiger partial charge in [-0.25, -0.2) is 9.07 Å². The normalized spacial score (nSPS) is 13.4. The maximum Gasteiger partial charge on any atom is 0.233 e. The van der Waals surface area contributed by atoms with Crippen LogP contribution in [-0.4, -0.2) is 26.0 Å². The number of aromatic nitrogens is 3. The van der Waals surface area contributed by atoms with Gasteiger partial charge in [-0.1, -0.05) is 56.8 Å². The van der Waals surface area contributed by atoms with Crippen LogP contribution in [0.2, 0.25) is 0 Å². The molecule has 1 amide bonds. The average Bonchev–Trinajstić information content (AvgIpc) is 3.11. The number of carbonyl (C=O) groups excluding carboxylic acids is 1. The maximum absolute atomic E-state index is 13.1. The molecule has 0 spiro atoms. The Bertz CT molecular complexity index is 1080. The number of nitrogens with one attached hydrogen (secondary N) is 1. The topological polar surface area (TPSA) is 95.1 Å². The van der Waals surface area contributed by atoms with E-state index in [9.17, 15) is 9.18 Å². The quantitative estimate of drug-likeness (QED) is 0.374. The Balaban J connectivity index is 1.55. The summed E-state index contributed by atoms with van der Waals surface area (Å²) in [5.41, 5.74) is 2.11. The molecular weight excluding hydrogens is 441 g/mol. The number of hydrogen-bond donors (Lipinski definition) is 2. The molecule has 0 aliphatic heterocycles. The summed E-state index contributed by atoms with van der Waals surface area (Å²) in [7, 11) is 0. The number of halogens is 1. The zero-order valence-electron chi connectivity index (χ0n) is 19.5. The molecule has 2 unspecified atom stereocenters. The zero-order valence-corrected chi connectivity index (χ0v) is 20.3. The number of ether oxygens (including phenoxy) is 1. The van der Waals surface area contributed by atoms with E-state index in [0.717, 1.165) is 5.56 Å². The second-order valence-electron chi connectivity index (χ2n) is 8.87. The number of benzene rings is 2. The van der Waals surface area contributed by atoms with E-state index in [1.807, 2.05) is 31.2 Å². The lowest BCUT2D eigenvalue weighted by molar-refractivity contribution is -0.120. The van der Waals surface area contributed by atoms with Crippen molar-refractivity contribution in [2.75, 3.05) is 5.84 Å². The van der Waals surface area contributed by atoms with Crippen LogP contribution in [0.4, 0.5) is 4.39 Å². The van der Waals surface area contributed by atoms with E-state index in [0.29, 0.717) is 16.7 Å². The molecule has 3 rings (SSSR count). The molecule has 33 heavy (non-hydrogen) atoms. The highest BCUT2D eigenvalue weighted by atomic mass is 32.2. The summed E-state index contributed by atoms with van der Waals surface area (Å²) in [6.45, 7) is 10.2. The van der Waals surface area contributed by atoms with Crippen molar-refractivity contribution in [3.05, 3.63) is 71.3 Å². The minimum atomic E-state index is -0.460. The van der Waals surface area contributed by atoms with Crippen molar-refractivity contribution < 1.29 is 13.9 Å². The van der Waals surface area contributed by atoms with Gasteiger partial charge in [0, 0.05) is 0 Å². The van der Waals surface area contributed by atoms with Gasteiger partial charge in [0.05, 0.1) is 11.3 Å². The first kappa shape index (κ1) is 24.6. The summed E-state index contributed by atoms with van der Waals surface area (Å²) in [6.07, 6.45) is 0. The van der Waals surface area contributed by atoms with Gasteiger partial charge < -0.3 is 15.9 Å². The van der Waals surface area contributed by atoms with Gasteiger partial charge in [-0.3, -0.25) is 4.79 Å². The molecule has 2 aromatic carbocycles. The summed E-state index contributed by atoms with van der Waals surface area (Å²) in [5.74, 6) is 6.79. The number of rotatable bonds is 8. The number of thioether (sulfide) groups is 1. The van der Waals surface area contributed by atoms with Crippen molar-refractivity contribution >= 4 is 17.7 Å². The Morgan fingerprint density at radius 3 is 2.36 bits per heavy atom. The molecular formula is C24H30FN5O2S. The van der Waals surface area contributed by atoms with Crippen LogP contribution in [0.1, 0.15) is 57.6 Å². The first-order chi connectivity index (χ1) is 15.5. The standard InChI is InChI=1S/C24H30FN5O2S/c1-15(17-6-10-19(25)11-7-17)27-22(31)16(2)33-23-29-28-21(30(23)26)14-32-20-12-8-18(9-13-20)24(3,4)5/h6-13,15-16H,14,26H2,1-5H3,(H,27,31). The van der Waals surface area contributed by atoms with Gasteiger partial charge in [-0.2, -0.15) is 0 Å². The Labute approximate surface area is 197 Å². The number of carbonyl (C=O) groups is 1. The summed E-state index contributed by atoms with van der Waals surface area (Å²) in [6, 6.07) is 13.7. The summed E-state index contributed by atoms with van der Waals surface area (Å²) < 4.78 is 20.2. The minimum Gasteiger partial charge on any atom is -0.486 e. The number of nitrogens with zero attached hydrogens (tertiary/aromatic N) is 3. The molecule has 0 saturated heterocycles. The number of amides is 1. The molecule has 0 aliphatic carbocycles. The van der Waals surface area contributed by atoms with E-state index in [1.165, 1.54) is 34.1 Å². The Hall–Kier alpha value is -3.07. The predicted molar refractivity (Wildman–Crippen MR) is 128 cm³/mol. The molecule has 7 nitrogen and oxygen atoms in total. The van der Waals surface area contributed by atoms with Crippen molar-refractivity contribution in [3.63, 3.8) is 0 Å². The number of nitrogens with two attached hydrogens (primary N) is 1. The smallest absolute Gasteiger partial charge is 0.233 e. The van der Waals surface area contributed by atoms with E-state index in [2.05, 4.69) is 36.3 Å². The first-order valence-electron chi connectivity index (χ1n) is 10.7. The minimum absolute atomic E-state index is 0.0713. The molecule has 0 radical (unpaired) electrons. The van der Waals surface area contributed by atoms with Gasteiger partial charge >= 0.3 is 0 Å². The summed E-state index contributed by atoms with van der Waals surface area (Å²) >= 11 is 1.20. The summed E-state index contributed by atoms with van der Waals surface area (Å²) in [4.78, 5) is 12.6. The van der Waals surface area contributed by atoms with Crippen molar-refractivity contribution in [2.24, 2.45) is 0 Å². The van der Waals surface area contributed by atoms with Crippen molar-refractivity contribution in [1.29, 1.82) is 0 Å². The van der Waals surface area contributed by atoms with E-state index < -0.39 is 5.25 Å². The Morgan fingerprint density at radius 1 is 1.12 bits per heavy atom. The van der Waals surface area contributed by atoms with Crippen molar-refractivity contribution in [3.8, 4) is 5.75 Å². The predicted octanol–water partition coefficient (Wildman–Crippen LogP) is 4.37. The largest absolute Gasteiger partial charge is 0.486 e. The van der Waals surface area contributed by atoms with Gasteiger partial charge in [0.15, 0.2) is 5.82 Å². The Morgan fingerprint density at radius 2 is 1.76 bits per heavy atom.